The van der Waals surface area contributed by atoms with E-state index < -0.39 is 12.0 Å². The van der Waals surface area contributed by atoms with Crippen LogP contribution in [-0.2, 0) is 19.3 Å². The zero-order chi connectivity index (χ0) is 16.9. The molecule has 10 heteroatoms. The number of carbonyl (C=O) groups excluding carboxylic acids is 1. The maximum atomic E-state index is 12.8. The van der Waals surface area contributed by atoms with Gasteiger partial charge in [-0.3, -0.25) is 9.89 Å². The van der Waals surface area contributed by atoms with E-state index in [-0.39, 0.29) is 37.1 Å². The third-order valence-electron chi connectivity index (χ3n) is 3.97. The molecule has 1 aromatic carbocycles. The van der Waals surface area contributed by atoms with Gasteiger partial charge in [0.25, 0.3) is 5.91 Å². The number of H-pyrrole nitrogens is 1. The highest BCUT2D eigenvalue weighted by Crippen LogP contribution is 2.29. The van der Waals surface area contributed by atoms with Gasteiger partial charge in [0.1, 0.15) is 0 Å². The third-order valence-corrected chi connectivity index (χ3v) is 3.97. The molecule has 3 aromatic rings. The minimum absolute atomic E-state index is 0.00866. The molecule has 0 atom stereocenters. The first-order valence-corrected chi connectivity index (χ1v) is 7.17. The number of nitrogens with one attached hydrogen (secondary N) is 1. The second-order valence-electron chi connectivity index (χ2n) is 5.43. The van der Waals surface area contributed by atoms with Crippen LogP contribution in [0.4, 0.5) is 13.2 Å². The maximum absolute atomic E-state index is 12.8. The average Bonchev–Trinajstić information content (AvgIpc) is 3.17. The molecule has 2 aromatic heterocycles. The second-order valence-corrected chi connectivity index (χ2v) is 5.43. The van der Waals surface area contributed by atoms with Crippen LogP contribution in [0.5, 0.6) is 0 Å². The van der Waals surface area contributed by atoms with Crippen molar-refractivity contribution in [2.45, 2.75) is 19.3 Å². The number of fused-ring (bicyclic) bond motifs is 2. The van der Waals surface area contributed by atoms with Gasteiger partial charge in [0, 0.05) is 18.5 Å². The molecule has 0 unspecified atom stereocenters. The predicted molar refractivity (Wildman–Crippen MR) is 75.9 cm³/mol. The smallest absolute Gasteiger partial charge is 0.328 e. The zero-order valence-corrected chi connectivity index (χ0v) is 12.2. The summed E-state index contributed by atoms with van der Waals surface area (Å²) in [7, 11) is 0. The lowest BCUT2D eigenvalue weighted by molar-refractivity contribution is -0.147. The van der Waals surface area contributed by atoms with Crippen molar-refractivity contribution < 1.29 is 18.0 Å². The van der Waals surface area contributed by atoms with E-state index in [2.05, 4.69) is 20.4 Å². The quantitative estimate of drug-likeness (QED) is 0.735. The Labute approximate surface area is 133 Å². The molecular formula is C14H11F3N6O. The van der Waals surface area contributed by atoms with Crippen LogP contribution in [0, 0.1) is 0 Å². The number of aromatic amines is 1. The van der Waals surface area contributed by atoms with Gasteiger partial charge in [-0.1, -0.05) is 18.2 Å². The molecule has 4 rings (SSSR count). The lowest BCUT2D eigenvalue weighted by Crippen LogP contribution is -2.39. The molecule has 0 fully saturated rings. The summed E-state index contributed by atoms with van der Waals surface area (Å²) in [5.41, 5.74) is 0.968. The topological polar surface area (TPSA) is 79.7 Å². The van der Waals surface area contributed by atoms with Gasteiger partial charge >= 0.3 is 6.18 Å². The number of nitrogens with zero attached hydrogens (tertiary/aromatic N) is 5. The first kappa shape index (κ1) is 14.7. The van der Waals surface area contributed by atoms with Crippen LogP contribution in [0.2, 0.25) is 0 Å². The minimum Gasteiger partial charge on any atom is -0.328 e. The van der Waals surface area contributed by atoms with Crippen molar-refractivity contribution in [3.63, 3.8) is 0 Å². The fourth-order valence-electron chi connectivity index (χ4n) is 2.82. The Hall–Kier alpha value is -2.91. The second kappa shape index (κ2) is 5.05. The fourth-order valence-corrected chi connectivity index (χ4v) is 2.82. The Morgan fingerprint density at radius 3 is 2.75 bits per heavy atom. The number of alkyl halides is 3. The Morgan fingerprint density at radius 2 is 1.96 bits per heavy atom. The summed E-state index contributed by atoms with van der Waals surface area (Å²) in [6.07, 6.45) is -4.56. The largest absolute Gasteiger partial charge is 0.451 e. The van der Waals surface area contributed by atoms with Crippen molar-refractivity contribution in [2.24, 2.45) is 0 Å². The number of hydrogen-bond acceptors (Lipinski definition) is 4. The van der Waals surface area contributed by atoms with Crippen LogP contribution in [0.1, 0.15) is 22.1 Å². The fraction of sp³-hybridized carbons (Fsp3) is 0.286. The van der Waals surface area contributed by atoms with Gasteiger partial charge in [-0.2, -0.15) is 18.3 Å². The van der Waals surface area contributed by atoms with Gasteiger partial charge in [0.15, 0.2) is 11.5 Å². The van der Waals surface area contributed by atoms with Crippen molar-refractivity contribution in [2.75, 3.05) is 6.54 Å². The molecule has 0 radical (unpaired) electrons. The standard InChI is InChI=1S/C14H11F3N6O/c15-14(16,17)13-21-19-10-7-22(5-6-23(10)13)12(24)11-8-3-1-2-4-9(8)18-20-11/h1-4H,5-7H2,(H,18,20). The molecule has 3 heterocycles. The summed E-state index contributed by atoms with van der Waals surface area (Å²) in [5, 5.41) is 14.2. The van der Waals surface area contributed by atoms with Gasteiger partial charge in [-0.15, -0.1) is 10.2 Å². The summed E-state index contributed by atoms with van der Waals surface area (Å²) >= 11 is 0. The first-order valence-electron chi connectivity index (χ1n) is 7.17. The number of hydrogen-bond donors (Lipinski definition) is 1. The van der Waals surface area contributed by atoms with E-state index >= 15 is 0 Å². The van der Waals surface area contributed by atoms with Crippen LogP contribution in [0.15, 0.2) is 24.3 Å². The lowest BCUT2D eigenvalue weighted by Gasteiger charge is -2.27. The molecule has 0 spiro atoms. The zero-order valence-electron chi connectivity index (χ0n) is 12.2. The lowest BCUT2D eigenvalue weighted by atomic mass is 10.2. The normalized spacial score (nSPS) is 14.9. The summed E-state index contributed by atoms with van der Waals surface area (Å²) in [5.74, 6) is -1.27. The molecule has 1 aliphatic rings. The van der Waals surface area contributed by atoms with Crippen LogP contribution in [-0.4, -0.2) is 42.3 Å². The van der Waals surface area contributed by atoms with Gasteiger partial charge < -0.3 is 9.47 Å². The molecular weight excluding hydrogens is 325 g/mol. The van der Waals surface area contributed by atoms with E-state index in [0.29, 0.717) is 5.39 Å². The number of para-hydroxylation sites is 1. The predicted octanol–water partition coefficient (Wildman–Crippen LogP) is 1.83. The van der Waals surface area contributed by atoms with E-state index in [1.165, 1.54) is 4.90 Å². The number of amides is 1. The summed E-state index contributed by atoms with van der Waals surface area (Å²) in [6, 6.07) is 7.16. The van der Waals surface area contributed by atoms with Crippen molar-refractivity contribution in [1.29, 1.82) is 0 Å². The number of carbonyl (C=O) groups is 1. The summed E-state index contributed by atoms with van der Waals surface area (Å²) < 4.78 is 39.5. The first-order chi connectivity index (χ1) is 11.4. The van der Waals surface area contributed by atoms with Gasteiger partial charge in [-0.05, 0) is 6.07 Å². The highest BCUT2D eigenvalue weighted by molar-refractivity contribution is 6.04. The molecule has 0 bridgehead atoms. The summed E-state index contributed by atoms with van der Waals surface area (Å²) in [4.78, 5) is 14.1. The molecule has 1 amide bonds. The molecule has 0 saturated carbocycles. The van der Waals surface area contributed by atoms with Gasteiger partial charge in [-0.25, -0.2) is 0 Å². The van der Waals surface area contributed by atoms with Crippen LogP contribution >= 0.6 is 0 Å². The Bertz CT molecular complexity index is 928. The SMILES string of the molecule is O=C(c1n[nH]c2ccccc12)N1CCn2c(nnc2C(F)(F)F)C1. The number of halogens is 3. The monoisotopic (exact) mass is 336 g/mol. The molecule has 0 saturated heterocycles. The van der Waals surface area contributed by atoms with Crippen molar-refractivity contribution in [1.82, 2.24) is 29.9 Å². The summed E-state index contributed by atoms with van der Waals surface area (Å²) in [6.45, 7) is 0.0858. The van der Waals surface area contributed by atoms with Crippen molar-refractivity contribution in [3.8, 4) is 0 Å². The Balaban J connectivity index is 1.63. The van der Waals surface area contributed by atoms with Crippen molar-refractivity contribution in [3.05, 3.63) is 41.6 Å². The van der Waals surface area contributed by atoms with Gasteiger partial charge in [0.2, 0.25) is 5.82 Å². The highest BCUT2D eigenvalue weighted by atomic mass is 19.4. The van der Waals surface area contributed by atoms with Gasteiger partial charge in [0.05, 0.1) is 12.1 Å². The molecule has 0 aliphatic carbocycles. The van der Waals surface area contributed by atoms with Crippen molar-refractivity contribution >= 4 is 16.8 Å². The van der Waals surface area contributed by atoms with E-state index in [0.717, 1.165) is 10.1 Å². The third kappa shape index (κ3) is 2.22. The maximum Gasteiger partial charge on any atom is 0.451 e. The molecule has 1 aliphatic heterocycles. The molecule has 1 N–H and O–H groups in total. The Morgan fingerprint density at radius 1 is 1.17 bits per heavy atom. The highest BCUT2D eigenvalue weighted by Gasteiger charge is 2.40. The van der Waals surface area contributed by atoms with Crippen LogP contribution < -0.4 is 0 Å². The number of benzene rings is 1. The molecule has 124 valence electrons. The minimum atomic E-state index is -4.56. The van der Waals surface area contributed by atoms with E-state index in [1.807, 2.05) is 6.07 Å². The average molecular weight is 336 g/mol. The van der Waals surface area contributed by atoms with Crippen LogP contribution in [0.3, 0.4) is 0 Å². The van der Waals surface area contributed by atoms with Crippen LogP contribution in [0.25, 0.3) is 10.9 Å². The molecule has 24 heavy (non-hydrogen) atoms. The van der Waals surface area contributed by atoms with E-state index in [1.54, 1.807) is 18.2 Å². The van der Waals surface area contributed by atoms with E-state index in [4.69, 9.17) is 0 Å². The molecule has 7 nitrogen and oxygen atoms in total. The Kier molecular flexibility index (Phi) is 3.08. The number of rotatable bonds is 1. The number of aromatic nitrogens is 5. The van der Waals surface area contributed by atoms with E-state index in [9.17, 15) is 18.0 Å².